The van der Waals surface area contributed by atoms with Crippen molar-refractivity contribution in [2.75, 3.05) is 20.3 Å². The van der Waals surface area contributed by atoms with E-state index in [9.17, 15) is 0 Å². The molecule has 0 spiro atoms. The standard InChI is InChI=1S/C10H21NO/c1-4-8(2)10(11-3)9-5-6-12-7-9/h8-11H,4-7H2,1-3H3. The maximum absolute atomic E-state index is 5.39. The second-order valence-electron chi connectivity index (χ2n) is 3.82. The van der Waals surface area contributed by atoms with Crippen LogP contribution in [0.15, 0.2) is 0 Å². The fraction of sp³-hybridized carbons (Fsp3) is 1.00. The average molecular weight is 171 g/mol. The fourth-order valence-corrected chi connectivity index (χ4v) is 2.07. The van der Waals surface area contributed by atoms with Gasteiger partial charge in [-0.2, -0.15) is 0 Å². The van der Waals surface area contributed by atoms with Crippen LogP contribution in [0, 0.1) is 11.8 Å². The first-order valence-corrected chi connectivity index (χ1v) is 5.04. The maximum Gasteiger partial charge on any atom is 0.0510 e. The highest BCUT2D eigenvalue weighted by atomic mass is 16.5. The first-order valence-electron chi connectivity index (χ1n) is 5.04. The predicted octanol–water partition coefficient (Wildman–Crippen LogP) is 1.66. The van der Waals surface area contributed by atoms with E-state index >= 15 is 0 Å². The van der Waals surface area contributed by atoms with Crippen LogP contribution in [0.1, 0.15) is 26.7 Å². The molecule has 3 unspecified atom stereocenters. The summed E-state index contributed by atoms with van der Waals surface area (Å²) in [6.07, 6.45) is 2.48. The first kappa shape index (κ1) is 10.0. The van der Waals surface area contributed by atoms with Crippen LogP contribution in [0.5, 0.6) is 0 Å². The minimum Gasteiger partial charge on any atom is -0.381 e. The topological polar surface area (TPSA) is 21.3 Å². The molecule has 3 atom stereocenters. The summed E-state index contributed by atoms with van der Waals surface area (Å²) in [4.78, 5) is 0. The van der Waals surface area contributed by atoms with Gasteiger partial charge in [-0.1, -0.05) is 20.3 Å². The van der Waals surface area contributed by atoms with Crippen LogP contribution < -0.4 is 5.32 Å². The molecule has 0 aromatic rings. The molecule has 0 bridgehead atoms. The molecule has 2 heteroatoms. The third-order valence-electron chi connectivity index (χ3n) is 3.06. The third kappa shape index (κ3) is 2.20. The van der Waals surface area contributed by atoms with Crippen molar-refractivity contribution in [2.45, 2.75) is 32.7 Å². The van der Waals surface area contributed by atoms with E-state index in [1.165, 1.54) is 12.8 Å². The lowest BCUT2D eigenvalue weighted by Gasteiger charge is -2.27. The van der Waals surface area contributed by atoms with Crippen LogP contribution in [0.2, 0.25) is 0 Å². The van der Waals surface area contributed by atoms with Gasteiger partial charge in [-0.3, -0.25) is 0 Å². The van der Waals surface area contributed by atoms with Gasteiger partial charge >= 0.3 is 0 Å². The molecule has 12 heavy (non-hydrogen) atoms. The summed E-state index contributed by atoms with van der Waals surface area (Å²) >= 11 is 0. The van der Waals surface area contributed by atoms with Crippen molar-refractivity contribution < 1.29 is 4.74 Å². The summed E-state index contributed by atoms with van der Waals surface area (Å²) in [6, 6.07) is 0.650. The van der Waals surface area contributed by atoms with Crippen LogP contribution >= 0.6 is 0 Å². The highest BCUT2D eigenvalue weighted by Gasteiger charge is 2.27. The molecule has 1 fully saturated rings. The normalized spacial score (nSPS) is 28.8. The largest absolute Gasteiger partial charge is 0.381 e. The second kappa shape index (κ2) is 4.83. The molecular weight excluding hydrogens is 150 g/mol. The molecule has 1 rings (SSSR count). The van der Waals surface area contributed by atoms with E-state index in [2.05, 4.69) is 26.2 Å². The Labute approximate surface area is 75.7 Å². The van der Waals surface area contributed by atoms with Crippen molar-refractivity contribution in [3.8, 4) is 0 Å². The van der Waals surface area contributed by atoms with E-state index in [1.54, 1.807) is 0 Å². The summed E-state index contributed by atoms with van der Waals surface area (Å²) < 4.78 is 5.39. The summed E-state index contributed by atoms with van der Waals surface area (Å²) in [7, 11) is 2.06. The SMILES string of the molecule is CCC(C)C(NC)C1CCOC1. The molecule has 1 aliphatic heterocycles. The van der Waals surface area contributed by atoms with Crippen molar-refractivity contribution in [3.63, 3.8) is 0 Å². The van der Waals surface area contributed by atoms with E-state index in [1.807, 2.05) is 0 Å². The van der Waals surface area contributed by atoms with Crippen LogP contribution in [-0.2, 0) is 4.74 Å². The monoisotopic (exact) mass is 171 g/mol. The third-order valence-corrected chi connectivity index (χ3v) is 3.06. The molecule has 2 nitrogen and oxygen atoms in total. The number of ether oxygens (including phenoxy) is 1. The van der Waals surface area contributed by atoms with Crippen molar-refractivity contribution in [1.29, 1.82) is 0 Å². The molecule has 1 N–H and O–H groups in total. The molecule has 72 valence electrons. The van der Waals surface area contributed by atoms with Crippen LogP contribution in [0.25, 0.3) is 0 Å². The highest BCUT2D eigenvalue weighted by molar-refractivity contribution is 4.81. The van der Waals surface area contributed by atoms with Gasteiger partial charge in [0.15, 0.2) is 0 Å². The quantitative estimate of drug-likeness (QED) is 0.694. The van der Waals surface area contributed by atoms with E-state index < -0.39 is 0 Å². The number of hydrogen-bond acceptors (Lipinski definition) is 2. The van der Waals surface area contributed by atoms with Crippen molar-refractivity contribution in [1.82, 2.24) is 5.32 Å². The maximum atomic E-state index is 5.39. The highest BCUT2D eigenvalue weighted by Crippen LogP contribution is 2.23. The molecule has 1 saturated heterocycles. The van der Waals surface area contributed by atoms with Crippen LogP contribution in [0.4, 0.5) is 0 Å². The Morgan fingerprint density at radius 3 is 2.75 bits per heavy atom. The van der Waals surface area contributed by atoms with Crippen LogP contribution in [0.3, 0.4) is 0 Å². The molecule has 0 aliphatic carbocycles. The summed E-state index contributed by atoms with van der Waals surface area (Å²) in [6.45, 7) is 6.49. The summed E-state index contributed by atoms with van der Waals surface area (Å²) in [5.74, 6) is 1.51. The molecular formula is C10H21NO. The van der Waals surface area contributed by atoms with Gasteiger partial charge in [-0.15, -0.1) is 0 Å². The molecule has 0 saturated carbocycles. The Morgan fingerprint density at radius 1 is 1.58 bits per heavy atom. The summed E-state index contributed by atoms with van der Waals surface area (Å²) in [5.41, 5.74) is 0. The first-order chi connectivity index (χ1) is 5.79. The van der Waals surface area contributed by atoms with Gasteiger partial charge in [-0.25, -0.2) is 0 Å². The van der Waals surface area contributed by atoms with E-state index in [-0.39, 0.29) is 0 Å². The van der Waals surface area contributed by atoms with Gasteiger partial charge in [0.25, 0.3) is 0 Å². The Kier molecular flexibility index (Phi) is 4.02. The Bertz CT molecular complexity index is 121. The number of nitrogens with one attached hydrogen (secondary N) is 1. The Morgan fingerprint density at radius 2 is 2.33 bits per heavy atom. The van der Waals surface area contributed by atoms with Gasteiger partial charge < -0.3 is 10.1 Å². The lowest BCUT2D eigenvalue weighted by molar-refractivity contribution is 0.168. The molecule has 0 aromatic heterocycles. The van der Waals surface area contributed by atoms with Gasteiger partial charge in [-0.05, 0) is 19.4 Å². The zero-order valence-corrected chi connectivity index (χ0v) is 8.47. The minimum absolute atomic E-state index is 0.650. The Balaban J connectivity index is 2.42. The average Bonchev–Trinajstić information content (AvgIpc) is 2.58. The molecule has 1 heterocycles. The van der Waals surface area contributed by atoms with Gasteiger partial charge in [0.1, 0.15) is 0 Å². The Hall–Kier alpha value is -0.0800. The molecule has 0 amide bonds. The zero-order valence-electron chi connectivity index (χ0n) is 8.47. The number of rotatable bonds is 4. The minimum atomic E-state index is 0.650. The fourth-order valence-electron chi connectivity index (χ4n) is 2.07. The van der Waals surface area contributed by atoms with Crippen LogP contribution in [-0.4, -0.2) is 26.3 Å². The summed E-state index contributed by atoms with van der Waals surface area (Å²) in [5, 5.41) is 3.41. The molecule has 0 radical (unpaired) electrons. The van der Waals surface area contributed by atoms with Crippen molar-refractivity contribution in [2.24, 2.45) is 11.8 Å². The van der Waals surface area contributed by atoms with E-state index in [0.717, 1.165) is 25.0 Å². The van der Waals surface area contributed by atoms with Gasteiger partial charge in [0, 0.05) is 18.6 Å². The molecule has 1 aliphatic rings. The van der Waals surface area contributed by atoms with Crippen molar-refractivity contribution >= 4 is 0 Å². The second-order valence-corrected chi connectivity index (χ2v) is 3.82. The molecule has 0 aromatic carbocycles. The lowest BCUT2D eigenvalue weighted by atomic mass is 9.87. The van der Waals surface area contributed by atoms with E-state index in [0.29, 0.717) is 6.04 Å². The zero-order chi connectivity index (χ0) is 8.97. The smallest absolute Gasteiger partial charge is 0.0510 e. The lowest BCUT2D eigenvalue weighted by Crippen LogP contribution is -2.39. The predicted molar refractivity (Wildman–Crippen MR) is 51.2 cm³/mol. The van der Waals surface area contributed by atoms with Gasteiger partial charge in [0.2, 0.25) is 0 Å². The number of hydrogen-bond donors (Lipinski definition) is 1. The van der Waals surface area contributed by atoms with Crippen molar-refractivity contribution in [3.05, 3.63) is 0 Å². The van der Waals surface area contributed by atoms with E-state index in [4.69, 9.17) is 4.74 Å². The van der Waals surface area contributed by atoms with Gasteiger partial charge in [0.05, 0.1) is 6.61 Å².